The zero-order chi connectivity index (χ0) is 31.8. The number of hydrogen-bond donors (Lipinski definition) is 7. The van der Waals surface area contributed by atoms with Gasteiger partial charge in [0.15, 0.2) is 47.7 Å². The highest BCUT2D eigenvalue weighted by molar-refractivity contribution is 7.52. The van der Waals surface area contributed by atoms with Crippen LogP contribution in [0.1, 0.15) is 12.5 Å². The number of phosphoric acid groups is 1. The highest BCUT2D eigenvalue weighted by Crippen LogP contribution is 2.53. The van der Waals surface area contributed by atoms with Crippen LogP contribution in [0.25, 0.3) is 22.3 Å². The fraction of sp³-hybridized carbons (Fsp3) is 0.500. The molecule has 0 spiro atoms. The number of hydrogen-bond acceptors (Lipinski definition) is 18. The van der Waals surface area contributed by atoms with Gasteiger partial charge in [0.05, 0.1) is 19.3 Å². The van der Waals surface area contributed by atoms with Crippen LogP contribution in [0.15, 0.2) is 23.8 Å². The van der Waals surface area contributed by atoms with Gasteiger partial charge in [0.2, 0.25) is 5.95 Å². The Bertz CT molecular complexity index is 1940. The van der Waals surface area contributed by atoms with Crippen molar-refractivity contribution in [3.05, 3.63) is 29.3 Å². The minimum Gasteiger partial charge on any atom is -0.386 e. The van der Waals surface area contributed by atoms with Gasteiger partial charge in [0.1, 0.15) is 42.4 Å². The van der Waals surface area contributed by atoms with Crippen LogP contribution >= 0.6 is 15.4 Å². The van der Waals surface area contributed by atoms with Gasteiger partial charge in [-0.15, -0.1) is 0 Å². The summed E-state index contributed by atoms with van der Waals surface area (Å²) < 4.78 is 61.4. The van der Waals surface area contributed by atoms with E-state index in [-0.39, 0.29) is 34.1 Å². The maximum atomic E-state index is 13.2. The van der Waals surface area contributed by atoms with Crippen LogP contribution in [0.2, 0.25) is 0 Å². The number of rotatable bonds is 2. The number of phosphoric ester groups is 1. The highest BCUT2D eigenvalue weighted by atomic mass is 31.2. The number of anilines is 2. The molecule has 3 saturated heterocycles. The average molecular weight is 674 g/mol. The number of aromatic amines is 1. The van der Waals surface area contributed by atoms with Crippen molar-refractivity contribution >= 4 is 49.5 Å². The summed E-state index contributed by atoms with van der Waals surface area (Å²) in [6.45, 7) is -0.824. The molecule has 7 rings (SSSR count). The molecule has 3 aliphatic rings. The number of nitrogen functional groups attached to an aromatic ring is 2. The first-order valence-corrected chi connectivity index (χ1v) is 16.2. The van der Waals surface area contributed by atoms with Gasteiger partial charge in [-0.05, 0) is 0 Å². The maximum Gasteiger partial charge on any atom is 0.472 e. The largest absolute Gasteiger partial charge is 0.472 e. The predicted molar refractivity (Wildman–Crippen MR) is 143 cm³/mol. The highest BCUT2D eigenvalue weighted by Gasteiger charge is 2.54. The van der Waals surface area contributed by atoms with Gasteiger partial charge in [-0.3, -0.25) is 37.0 Å². The molecule has 0 radical (unpaired) electrons. The number of aliphatic hydroxyl groups is 2. The van der Waals surface area contributed by atoms with Gasteiger partial charge >= 0.3 is 15.4 Å². The smallest absolute Gasteiger partial charge is 0.386 e. The lowest BCUT2D eigenvalue weighted by atomic mass is 10.1. The zero-order valence-corrected chi connectivity index (χ0v) is 24.2. The number of nitrogens with one attached hydrogen (secondary N) is 1. The summed E-state index contributed by atoms with van der Waals surface area (Å²) >= 11 is 0. The summed E-state index contributed by atoms with van der Waals surface area (Å²) in [5, 5.41) is 22.1. The molecule has 242 valence electrons. The Morgan fingerprint density at radius 3 is 2.42 bits per heavy atom. The van der Waals surface area contributed by atoms with Crippen LogP contribution < -0.4 is 17.0 Å². The van der Waals surface area contributed by atoms with Crippen LogP contribution in [-0.4, -0.2) is 109 Å². The molecule has 25 heteroatoms. The Morgan fingerprint density at radius 2 is 1.64 bits per heavy atom. The van der Waals surface area contributed by atoms with E-state index in [1.807, 2.05) is 0 Å². The molecule has 4 aromatic rings. The van der Waals surface area contributed by atoms with Crippen molar-refractivity contribution in [3.8, 4) is 0 Å². The van der Waals surface area contributed by atoms with Gasteiger partial charge in [0.25, 0.3) is 5.56 Å². The van der Waals surface area contributed by atoms with Crippen molar-refractivity contribution in [1.29, 1.82) is 0 Å². The number of nitrogens with two attached hydrogens (primary N) is 2. The van der Waals surface area contributed by atoms with E-state index in [1.54, 1.807) is 0 Å². The number of ether oxygens (including phenoxy) is 3. The number of imidazole rings is 2. The van der Waals surface area contributed by atoms with Crippen molar-refractivity contribution in [2.75, 3.05) is 24.4 Å². The Hall–Kier alpha value is -3.44. The molecule has 2 unspecified atom stereocenters. The molecule has 3 aliphatic heterocycles. The van der Waals surface area contributed by atoms with Crippen molar-refractivity contribution < 1.29 is 56.9 Å². The van der Waals surface area contributed by atoms with Crippen LogP contribution in [-0.2, 0) is 36.9 Å². The second-order valence-electron chi connectivity index (χ2n) is 10.1. The molecule has 45 heavy (non-hydrogen) atoms. The number of aliphatic hydroxyl groups excluding tert-OH is 2. The molecular formula is C20H24N10O13P2. The molecule has 10 atom stereocenters. The Morgan fingerprint density at radius 1 is 0.911 bits per heavy atom. The molecule has 23 nitrogen and oxygen atoms in total. The Balaban J connectivity index is 1.21. The summed E-state index contributed by atoms with van der Waals surface area (Å²) in [4.78, 5) is 55.9. The number of aromatic nitrogens is 8. The van der Waals surface area contributed by atoms with E-state index < -0.39 is 83.2 Å². The summed E-state index contributed by atoms with van der Waals surface area (Å²) in [6.07, 6.45) is -10.7. The summed E-state index contributed by atoms with van der Waals surface area (Å²) in [7, 11) is -9.92. The first kappa shape index (κ1) is 30.2. The minimum atomic E-state index is -5.13. The monoisotopic (exact) mass is 674 g/mol. The van der Waals surface area contributed by atoms with Crippen LogP contribution in [0.3, 0.4) is 0 Å². The molecular weight excluding hydrogens is 650 g/mol. The first-order chi connectivity index (χ1) is 21.3. The van der Waals surface area contributed by atoms with Crippen molar-refractivity contribution in [2.45, 2.75) is 49.3 Å². The molecule has 0 saturated carbocycles. The van der Waals surface area contributed by atoms with E-state index >= 15 is 0 Å². The average Bonchev–Trinajstić information content (AvgIpc) is 3.72. The predicted octanol–water partition coefficient (Wildman–Crippen LogP) is -2.34. The molecule has 3 fully saturated rings. The molecule has 0 aromatic carbocycles. The van der Waals surface area contributed by atoms with Crippen LogP contribution in [0.4, 0.5) is 11.8 Å². The number of fused-ring (bicyclic) bond motifs is 5. The number of nitrogens with zero attached hydrogens (tertiary/aromatic N) is 7. The van der Waals surface area contributed by atoms with Crippen molar-refractivity contribution in [1.82, 2.24) is 39.0 Å². The second kappa shape index (κ2) is 10.8. The topological polar surface area (TPSA) is 330 Å². The fourth-order valence-electron chi connectivity index (χ4n) is 5.23. The third-order valence-corrected chi connectivity index (χ3v) is 9.24. The van der Waals surface area contributed by atoms with E-state index in [9.17, 15) is 33.9 Å². The summed E-state index contributed by atoms with van der Waals surface area (Å²) in [5.74, 6) is -0.253. The summed E-state index contributed by atoms with van der Waals surface area (Å²) in [6, 6.07) is 0. The van der Waals surface area contributed by atoms with Crippen molar-refractivity contribution in [2.24, 2.45) is 0 Å². The van der Waals surface area contributed by atoms with E-state index in [4.69, 9.17) is 39.2 Å². The lowest BCUT2D eigenvalue weighted by Crippen LogP contribution is -2.36. The van der Waals surface area contributed by atoms with E-state index in [0.717, 1.165) is 17.2 Å². The van der Waals surface area contributed by atoms with Crippen molar-refractivity contribution in [3.63, 3.8) is 0 Å². The molecule has 0 aliphatic carbocycles. The molecule has 7 heterocycles. The maximum absolute atomic E-state index is 13.2. The second-order valence-corrected chi connectivity index (χ2v) is 13.3. The van der Waals surface area contributed by atoms with Crippen LogP contribution in [0.5, 0.6) is 0 Å². The summed E-state index contributed by atoms with van der Waals surface area (Å²) in [5.41, 5.74) is 10.8. The van der Waals surface area contributed by atoms with Gasteiger partial charge in [0, 0.05) is 0 Å². The Kier molecular flexibility index (Phi) is 7.27. The Labute approximate surface area is 248 Å². The van der Waals surface area contributed by atoms with Crippen LogP contribution in [0, 0.1) is 0 Å². The lowest BCUT2D eigenvalue weighted by Gasteiger charge is -2.25. The lowest BCUT2D eigenvalue weighted by molar-refractivity contribution is -0.168. The van der Waals surface area contributed by atoms with Gasteiger partial charge in [-0.2, -0.15) is 4.98 Å². The standard InChI is InChI=1S/C20H24N10O13P2/c21-13-7-14(24-2-23-13)29(3-25-7)17-9(31)11-6(40-17)1-39-45(36,37)43-12-10(32)19(38-5-44(34,35)42-11)41-18(12)30-4-26-8-15(30)27-20(22)28-16(8)33/h2-4,6,9-12,17-19,31-32H,1,5H2,(H,34,35)(H,36,37)(H2,21,23,24)(H3,22,27,28,33)/t6-,9-,10+,11-,12-,17-,18-,19+/m1/s1. The SMILES string of the molecule is Nc1nc2c(ncn2[C@@H]2O[C@@H]3OCP(=O)(O)O[C@H]4[C@@H](O)[C@H](n5cnc6c(N)ncnc65)O[C@@H]4COP(=O)(O)O[C@@H]2[C@@H]3O)c(=O)[nH]1. The van der Waals surface area contributed by atoms with Gasteiger partial charge in [-0.25, -0.2) is 24.5 Å². The molecule has 9 N–H and O–H groups in total. The third-order valence-electron chi connectivity index (χ3n) is 7.21. The first-order valence-electron chi connectivity index (χ1n) is 12.9. The number of H-pyrrole nitrogens is 1. The zero-order valence-electron chi connectivity index (χ0n) is 22.4. The van der Waals surface area contributed by atoms with E-state index in [2.05, 4.69) is 29.9 Å². The normalized spacial score (nSPS) is 37.7. The van der Waals surface area contributed by atoms with Gasteiger partial charge in [-0.1, -0.05) is 0 Å². The van der Waals surface area contributed by atoms with Gasteiger partial charge < -0.3 is 45.7 Å². The van der Waals surface area contributed by atoms with E-state index in [1.165, 1.54) is 10.9 Å². The quantitative estimate of drug-likeness (QED) is 0.109. The fourth-order valence-corrected chi connectivity index (χ4v) is 7.20. The molecule has 2 bridgehead atoms. The minimum absolute atomic E-state index is 0.0378. The molecule has 4 aromatic heterocycles. The molecule has 0 amide bonds. The third kappa shape index (κ3) is 5.31. The van der Waals surface area contributed by atoms with E-state index in [0.29, 0.717) is 0 Å².